The van der Waals surface area contributed by atoms with Crippen molar-refractivity contribution in [3.63, 3.8) is 0 Å². The number of pyridine rings is 1. The average molecular weight is 401 g/mol. The van der Waals surface area contributed by atoms with Crippen molar-refractivity contribution in [3.8, 4) is 0 Å². The van der Waals surface area contributed by atoms with Crippen molar-refractivity contribution >= 4 is 34.6 Å². The predicted octanol–water partition coefficient (Wildman–Crippen LogP) is 4.26. The van der Waals surface area contributed by atoms with Gasteiger partial charge < -0.3 is 5.32 Å². The van der Waals surface area contributed by atoms with Crippen molar-refractivity contribution < 1.29 is 0 Å². The molecule has 1 aliphatic carbocycles. The third kappa shape index (κ3) is 3.87. The molecule has 1 unspecified atom stereocenters. The molecule has 1 atom stereocenters. The zero-order valence-electron chi connectivity index (χ0n) is 15.3. The Kier molecular flexibility index (Phi) is 5.46. The summed E-state index contributed by atoms with van der Waals surface area (Å²) in [5, 5.41) is 8.06. The van der Waals surface area contributed by atoms with E-state index in [2.05, 4.69) is 49.8 Å². The molecule has 1 aliphatic heterocycles. The number of nitrogens with one attached hydrogen (secondary N) is 1. The van der Waals surface area contributed by atoms with E-state index in [-0.39, 0.29) is 12.4 Å². The SMILES string of the molecule is Cl.c1cnc2ccc(CN(Cc3nccs3)C3CC34CCNCC4)cc2c1. The van der Waals surface area contributed by atoms with Gasteiger partial charge in [0.15, 0.2) is 0 Å². The molecule has 0 amide bonds. The number of thiazole rings is 1. The van der Waals surface area contributed by atoms with Gasteiger partial charge in [0.1, 0.15) is 5.01 Å². The Hall–Kier alpha value is -1.53. The molecule has 1 N–H and O–H groups in total. The molecule has 1 aromatic carbocycles. The first-order chi connectivity index (χ1) is 12.8. The second-order valence-corrected chi connectivity index (χ2v) is 8.67. The molecule has 6 heteroatoms. The van der Waals surface area contributed by atoms with Crippen molar-refractivity contribution in [1.82, 2.24) is 20.2 Å². The number of benzene rings is 1. The molecule has 1 saturated heterocycles. The molecule has 0 bridgehead atoms. The van der Waals surface area contributed by atoms with Crippen molar-refractivity contribution in [3.05, 3.63) is 58.7 Å². The molecule has 5 rings (SSSR count). The molecule has 3 aromatic rings. The van der Waals surface area contributed by atoms with E-state index in [1.54, 1.807) is 11.3 Å². The van der Waals surface area contributed by atoms with Crippen LogP contribution in [0.1, 0.15) is 29.8 Å². The maximum atomic E-state index is 4.55. The second-order valence-electron chi connectivity index (χ2n) is 7.69. The number of aromatic nitrogens is 2. The highest BCUT2D eigenvalue weighted by atomic mass is 35.5. The Labute approximate surface area is 170 Å². The maximum absolute atomic E-state index is 4.55. The Morgan fingerprint density at radius 1 is 1.11 bits per heavy atom. The monoisotopic (exact) mass is 400 g/mol. The zero-order chi connectivity index (χ0) is 17.4. The van der Waals surface area contributed by atoms with Gasteiger partial charge in [0.05, 0.1) is 12.1 Å². The third-order valence-electron chi connectivity index (χ3n) is 6.06. The van der Waals surface area contributed by atoms with E-state index in [0.717, 1.165) is 18.6 Å². The summed E-state index contributed by atoms with van der Waals surface area (Å²) in [4.78, 5) is 11.7. The van der Waals surface area contributed by atoms with E-state index in [0.29, 0.717) is 11.5 Å². The molecule has 3 heterocycles. The highest BCUT2D eigenvalue weighted by Gasteiger charge is 2.56. The lowest BCUT2D eigenvalue weighted by molar-refractivity contribution is 0.188. The van der Waals surface area contributed by atoms with Crippen LogP contribution >= 0.6 is 23.7 Å². The molecular weight excluding hydrogens is 376 g/mol. The number of hydrogen-bond donors (Lipinski definition) is 1. The highest BCUT2D eigenvalue weighted by molar-refractivity contribution is 7.09. The number of piperidine rings is 1. The van der Waals surface area contributed by atoms with Crippen LogP contribution in [0.4, 0.5) is 0 Å². The van der Waals surface area contributed by atoms with Gasteiger partial charge in [-0.3, -0.25) is 9.88 Å². The lowest BCUT2D eigenvalue weighted by atomic mass is 9.93. The number of nitrogens with zero attached hydrogens (tertiary/aromatic N) is 3. The predicted molar refractivity (Wildman–Crippen MR) is 113 cm³/mol. The fourth-order valence-electron chi connectivity index (χ4n) is 4.54. The molecule has 1 saturated carbocycles. The fourth-order valence-corrected chi connectivity index (χ4v) is 5.18. The number of halogens is 1. The van der Waals surface area contributed by atoms with E-state index >= 15 is 0 Å². The first kappa shape index (κ1) is 18.8. The summed E-state index contributed by atoms with van der Waals surface area (Å²) in [5.41, 5.74) is 2.99. The zero-order valence-corrected chi connectivity index (χ0v) is 16.9. The van der Waals surface area contributed by atoms with E-state index in [9.17, 15) is 0 Å². The molecule has 4 nitrogen and oxygen atoms in total. The van der Waals surface area contributed by atoms with Gasteiger partial charge in [0, 0.05) is 35.7 Å². The van der Waals surface area contributed by atoms with Crippen LogP contribution in [-0.4, -0.2) is 34.0 Å². The van der Waals surface area contributed by atoms with E-state index < -0.39 is 0 Å². The van der Waals surface area contributed by atoms with Gasteiger partial charge in [0.2, 0.25) is 0 Å². The van der Waals surface area contributed by atoms with E-state index in [1.807, 2.05) is 18.5 Å². The van der Waals surface area contributed by atoms with E-state index in [4.69, 9.17) is 0 Å². The van der Waals surface area contributed by atoms with Gasteiger partial charge in [0.25, 0.3) is 0 Å². The van der Waals surface area contributed by atoms with Crippen LogP contribution < -0.4 is 5.32 Å². The third-order valence-corrected chi connectivity index (χ3v) is 6.83. The summed E-state index contributed by atoms with van der Waals surface area (Å²) in [6.45, 7) is 4.29. The van der Waals surface area contributed by atoms with Crippen LogP contribution in [0.5, 0.6) is 0 Å². The lowest BCUT2D eigenvalue weighted by Crippen LogP contribution is -2.35. The number of hydrogen-bond acceptors (Lipinski definition) is 5. The van der Waals surface area contributed by atoms with Crippen LogP contribution in [0.3, 0.4) is 0 Å². The summed E-state index contributed by atoms with van der Waals surface area (Å²) >= 11 is 1.77. The summed E-state index contributed by atoms with van der Waals surface area (Å²) in [7, 11) is 0. The number of rotatable bonds is 5. The minimum absolute atomic E-state index is 0. The van der Waals surface area contributed by atoms with Crippen molar-refractivity contribution in [1.29, 1.82) is 0 Å². The van der Waals surface area contributed by atoms with Crippen LogP contribution in [-0.2, 0) is 13.1 Å². The van der Waals surface area contributed by atoms with Crippen LogP contribution in [0.25, 0.3) is 10.9 Å². The number of fused-ring (bicyclic) bond motifs is 1. The van der Waals surface area contributed by atoms with E-state index in [1.165, 1.54) is 48.3 Å². The van der Waals surface area contributed by atoms with Crippen molar-refractivity contribution in [2.24, 2.45) is 5.41 Å². The largest absolute Gasteiger partial charge is 0.317 e. The van der Waals surface area contributed by atoms with Crippen LogP contribution in [0, 0.1) is 5.41 Å². The molecule has 27 heavy (non-hydrogen) atoms. The Morgan fingerprint density at radius 3 is 2.81 bits per heavy atom. The Balaban J connectivity index is 0.00000180. The quantitative estimate of drug-likeness (QED) is 0.694. The van der Waals surface area contributed by atoms with Crippen molar-refractivity contribution in [2.75, 3.05) is 13.1 Å². The fraction of sp³-hybridized carbons (Fsp3) is 0.429. The Morgan fingerprint density at radius 2 is 2.00 bits per heavy atom. The summed E-state index contributed by atoms with van der Waals surface area (Å²) in [6.07, 6.45) is 7.76. The first-order valence-electron chi connectivity index (χ1n) is 9.49. The van der Waals surface area contributed by atoms with Gasteiger partial charge in [-0.2, -0.15) is 0 Å². The van der Waals surface area contributed by atoms with Crippen LogP contribution in [0.15, 0.2) is 48.1 Å². The molecule has 142 valence electrons. The minimum atomic E-state index is 0. The second kappa shape index (κ2) is 7.84. The Bertz CT molecular complexity index is 892. The topological polar surface area (TPSA) is 41.1 Å². The molecule has 2 aromatic heterocycles. The van der Waals surface area contributed by atoms with Gasteiger partial charge in [-0.05, 0) is 61.5 Å². The summed E-state index contributed by atoms with van der Waals surface area (Å²) < 4.78 is 0. The summed E-state index contributed by atoms with van der Waals surface area (Å²) in [5.74, 6) is 0. The van der Waals surface area contributed by atoms with Gasteiger partial charge >= 0.3 is 0 Å². The maximum Gasteiger partial charge on any atom is 0.107 e. The molecule has 2 fully saturated rings. The molecular formula is C21H25ClN4S. The normalized spacial score (nSPS) is 20.7. The summed E-state index contributed by atoms with van der Waals surface area (Å²) in [6, 6.07) is 11.6. The lowest BCUT2D eigenvalue weighted by Gasteiger charge is -2.29. The standard InChI is InChI=1S/C21H24N4S.ClH/c1-2-17-12-16(3-4-18(17)23-7-1)14-25(15-20-24-10-11-26-20)19-13-21(19)5-8-22-9-6-21;/h1-4,7,10-12,19,22H,5-6,8-9,13-15H2;1H. The minimum Gasteiger partial charge on any atom is -0.317 e. The van der Waals surface area contributed by atoms with Gasteiger partial charge in [-0.25, -0.2) is 4.98 Å². The van der Waals surface area contributed by atoms with Gasteiger partial charge in [-0.1, -0.05) is 12.1 Å². The highest BCUT2D eigenvalue weighted by Crippen LogP contribution is 2.56. The van der Waals surface area contributed by atoms with Gasteiger partial charge in [-0.15, -0.1) is 23.7 Å². The van der Waals surface area contributed by atoms with Crippen LogP contribution in [0.2, 0.25) is 0 Å². The first-order valence-corrected chi connectivity index (χ1v) is 10.4. The molecule has 0 radical (unpaired) electrons. The molecule has 1 spiro atoms. The average Bonchev–Trinajstić information content (AvgIpc) is 3.11. The smallest absolute Gasteiger partial charge is 0.107 e. The van der Waals surface area contributed by atoms with Crippen molar-refractivity contribution in [2.45, 2.75) is 38.4 Å². The molecule has 2 aliphatic rings.